The Kier molecular flexibility index (Phi) is 8.76. The minimum Gasteiger partial charge on any atom is -0.460 e. The third-order valence-corrected chi connectivity index (χ3v) is 3.32. The number of benzene rings is 1. The first kappa shape index (κ1) is 17.7. The summed E-state index contributed by atoms with van der Waals surface area (Å²) >= 11 is 0. The number of carbonyl (C=O) groups excluding carboxylic acids is 1. The Bertz CT molecular complexity index is 395. The lowest BCUT2D eigenvalue weighted by Gasteiger charge is -2.07. The first-order chi connectivity index (χ1) is 10.1. The zero-order chi connectivity index (χ0) is 15.5. The van der Waals surface area contributed by atoms with Crippen molar-refractivity contribution >= 4 is 5.97 Å². The highest BCUT2D eigenvalue weighted by Crippen LogP contribution is 2.08. The van der Waals surface area contributed by atoms with Crippen molar-refractivity contribution in [3.63, 3.8) is 0 Å². The summed E-state index contributed by atoms with van der Waals surface area (Å²) in [5.74, 6) is 0.502. The number of unbranched alkanes of at least 4 members (excludes halogenated alkanes) is 2. The van der Waals surface area contributed by atoms with Crippen LogP contribution in [-0.4, -0.2) is 25.8 Å². The Morgan fingerprint density at radius 2 is 1.71 bits per heavy atom. The molecule has 0 atom stereocenters. The van der Waals surface area contributed by atoms with Crippen molar-refractivity contribution in [1.82, 2.24) is 0 Å². The third kappa shape index (κ3) is 8.51. The van der Waals surface area contributed by atoms with E-state index in [2.05, 4.69) is 13.8 Å². The zero-order valence-corrected chi connectivity index (χ0v) is 13.6. The van der Waals surface area contributed by atoms with Crippen LogP contribution in [0.5, 0.6) is 0 Å². The van der Waals surface area contributed by atoms with Crippen LogP contribution in [0.2, 0.25) is 0 Å². The van der Waals surface area contributed by atoms with Crippen LogP contribution in [0.25, 0.3) is 0 Å². The van der Waals surface area contributed by atoms with Crippen molar-refractivity contribution in [2.75, 3.05) is 19.8 Å². The molecular weight excluding hydrogens is 264 g/mol. The molecule has 3 heteroatoms. The number of rotatable bonds is 10. The van der Waals surface area contributed by atoms with Crippen LogP contribution in [0, 0.1) is 12.8 Å². The van der Waals surface area contributed by atoms with Gasteiger partial charge in [-0.1, -0.05) is 50.8 Å². The van der Waals surface area contributed by atoms with Gasteiger partial charge >= 0.3 is 5.97 Å². The van der Waals surface area contributed by atoms with E-state index < -0.39 is 0 Å². The molecule has 0 saturated heterocycles. The van der Waals surface area contributed by atoms with Crippen LogP contribution in [0.1, 0.15) is 55.5 Å². The van der Waals surface area contributed by atoms with Gasteiger partial charge in [0.25, 0.3) is 0 Å². The van der Waals surface area contributed by atoms with Crippen molar-refractivity contribution < 1.29 is 14.3 Å². The van der Waals surface area contributed by atoms with Gasteiger partial charge in [-0.15, -0.1) is 0 Å². The van der Waals surface area contributed by atoms with E-state index in [0.717, 1.165) is 24.5 Å². The fourth-order valence-electron chi connectivity index (χ4n) is 2.00. The maximum atomic E-state index is 11.7. The van der Waals surface area contributed by atoms with Gasteiger partial charge in [0.15, 0.2) is 0 Å². The van der Waals surface area contributed by atoms with Gasteiger partial charge < -0.3 is 9.47 Å². The fraction of sp³-hybridized carbons (Fsp3) is 0.611. The van der Waals surface area contributed by atoms with Crippen LogP contribution in [0.3, 0.4) is 0 Å². The van der Waals surface area contributed by atoms with Gasteiger partial charge in [0.1, 0.15) is 6.61 Å². The number of ether oxygens (including phenoxy) is 2. The van der Waals surface area contributed by atoms with E-state index in [1.807, 2.05) is 19.1 Å². The highest BCUT2D eigenvalue weighted by atomic mass is 16.6. The van der Waals surface area contributed by atoms with Crippen LogP contribution >= 0.6 is 0 Å². The molecule has 1 aromatic rings. The first-order valence-corrected chi connectivity index (χ1v) is 7.91. The van der Waals surface area contributed by atoms with Crippen molar-refractivity contribution in [3.05, 3.63) is 35.4 Å². The van der Waals surface area contributed by atoms with Crippen molar-refractivity contribution in [2.45, 2.75) is 46.5 Å². The largest absolute Gasteiger partial charge is 0.460 e. The summed E-state index contributed by atoms with van der Waals surface area (Å²) in [6.07, 6.45) is 4.84. The van der Waals surface area contributed by atoms with Crippen LogP contribution in [-0.2, 0) is 9.47 Å². The molecule has 0 heterocycles. The normalized spacial score (nSPS) is 10.9. The Labute approximate surface area is 128 Å². The number of aryl methyl sites for hydroxylation is 1. The molecule has 0 fully saturated rings. The lowest BCUT2D eigenvalue weighted by atomic mass is 10.1. The maximum Gasteiger partial charge on any atom is 0.338 e. The van der Waals surface area contributed by atoms with Crippen molar-refractivity contribution in [2.24, 2.45) is 5.92 Å². The fourth-order valence-corrected chi connectivity index (χ4v) is 2.00. The van der Waals surface area contributed by atoms with Gasteiger partial charge in [0.2, 0.25) is 0 Å². The van der Waals surface area contributed by atoms with E-state index >= 15 is 0 Å². The SMILES string of the molecule is Cc1ccc(C(=O)OCCOCCCCCC(C)C)cc1. The van der Waals surface area contributed by atoms with Crippen LogP contribution in [0.15, 0.2) is 24.3 Å². The van der Waals surface area contributed by atoms with E-state index in [0.29, 0.717) is 18.8 Å². The minimum atomic E-state index is -0.282. The summed E-state index contributed by atoms with van der Waals surface area (Å²) < 4.78 is 10.6. The standard InChI is InChI=1S/C18H28O3/c1-15(2)7-5-4-6-12-20-13-14-21-18(19)17-10-8-16(3)9-11-17/h8-11,15H,4-7,12-14H2,1-3H3. The summed E-state index contributed by atoms with van der Waals surface area (Å²) in [5, 5.41) is 0. The molecule has 118 valence electrons. The monoisotopic (exact) mass is 292 g/mol. The van der Waals surface area contributed by atoms with Gasteiger partial charge in [0, 0.05) is 6.61 Å². The summed E-state index contributed by atoms with van der Waals surface area (Å²) in [7, 11) is 0. The molecule has 3 nitrogen and oxygen atoms in total. The molecular formula is C18H28O3. The van der Waals surface area contributed by atoms with Gasteiger partial charge in [-0.3, -0.25) is 0 Å². The Balaban J connectivity index is 1.99. The molecule has 0 aliphatic heterocycles. The second kappa shape index (κ2) is 10.4. The molecule has 1 rings (SSSR count). The molecule has 0 amide bonds. The molecule has 0 N–H and O–H groups in total. The number of esters is 1. The highest BCUT2D eigenvalue weighted by Gasteiger charge is 2.05. The molecule has 0 aromatic heterocycles. The van der Waals surface area contributed by atoms with Crippen LogP contribution < -0.4 is 0 Å². The topological polar surface area (TPSA) is 35.5 Å². The molecule has 21 heavy (non-hydrogen) atoms. The minimum absolute atomic E-state index is 0.282. The molecule has 0 spiro atoms. The molecule has 0 unspecified atom stereocenters. The van der Waals surface area contributed by atoms with Gasteiger partial charge in [-0.25, -0.2) is 4.79 Å². The highest BCUT2D eigenvalue weighted by molar-refractivity contribution is 5.89. The van der Waals surface area contributed by atoms with Crippen molar-refractivity contribution in [1.29, 1.82) is 0 Å². The lowest BCUT2D eigenvalue weighted by Crippen LogP contribution is -2.11. The van der Waals surface area contributed by atoms with Gasteiger partial charge in [0.05, 0.1) is 12.2 Å². The Morgan fingerprint density at radius 1 is 1.00 bits per heavy atom. The van der Waals surface area contributed by atoms with E-state index in [1.54, 1.807) is 12.1 Å². The summed E-state index contributed by atoms with van der Waals surface area (Å²) in [6, 6.07) is 7.38. The molecule has 0 saturated carbocycles. The second-order valence-electron chi connectivity index (χ2n) is 5.86. The van der Waals surface area contributed by atoms with E-state index in [-0.39, 0.29) is 5.97 Å². The molecule has 0 aliphatic rings. The maximum absolute atomic E-state index is 11.7. The Hall–Kier alpha value is -1.35. The quantitative estimate of drug-likeness (QED) is 0.474. The number of carbonyl (C=O) groups is 1. The Morgan fingerprint density at radius 3 is 2.38 bits per heavy atom. The van der Waals surface area contributed by atoms with Crippen molar-refractivity contribution in [3.8, 4) is 0 Å². The average molecular weight is 292 g/mol. The van der Waals surface area contributed by atoms with Crippen LogP contribution in [0.4, 0.5) is 0 Å². The average Bonchev–Trinajstić information content (AvgIpc) is 2.45. The number of hydrogen-bond acceptors (Lipinski definition) is 3. The predicted octanol–water partition coefficient (Wildman–Crippen LogP) is 4.38. The van der Waals surface area contributed by atoms with E-state index in [1.165, 1.54) is 19.3 Å². The van der Waals surface area contributed by atoms with Gasteiger partial charge in [-0.05, 0) is 31.4 Å². The molecule has 1 aromatic carbocycles. The molecule has 0 aliphatic carbocycles. The number of hydrogen-bond donors (Lipinski definition) is 0. The predicted molar refractivity (Wildman–Crippen MR) is 85.6 cm³/mol. The van der Waals surface area contributed by atoms with Gasteiger partial charge in [-0.2, -0.15) is 0 Å². The smallest absolute Gasteiger partial charge is 0.338 e. The zero-order valence-electron chi connectivity index (χ0n) is 13.6. The third-order valence-electron chi connectivity index (χ3n) is 3.32. The first-order valence-electron chi connectivity index (χ1n) is 7.91. The summed E-state index contributed by atoms with van der Waals surface area (Å²) in [4.78, 5) is 11.7. The van der Waals surface area contributed by atoms with E-state index in [4.69, 9.17) is 9.47 Å². The second-order valence-corrected chi connectivity index (χ2v) is 5.86. The van der Waals surface area contributed by atoms with E-state index in [9.17, 15) is 4.79 Å². The summed E-state index contributed by atoms with van der Waals surface area (Å²) in [6.45, 7) is 8.03. The summed E-state index contributed by atoms with van der Waals surface area (Å²) in [5.41, 5.74) is 1.72. The molecule has 0 radical (unpaired) electrons. The lowest BCUT2D eigenvalue weighted by molar-refractivity contribution is 0.0312. The molecule has 0 bridgehead atoms.